The highest BCUT2D eigenvalue weighted by Gasteiger charge is 2.15. The van der Waals surface area contributed by atoms with Crippen molar-refractivity contribution in [3.05, 3.63) is 29.6 Å². The molecule has 5 heteroatoms. The number of nitrogens with zero attached hydrogens (tertiary/aromatic N) is 4. The van der Waals surface area contributed by atoms with Crippen LogP contribution in [-0.4, -0.2) is 40.7 Å². The highest BCUT2D eigenvalue weighted by Crippen LogP contribution is 2.22. The molecule has 0 unspecified atom stereocenters. The molecule has 0 aromatic carbocycles. The van der Waals surface area contributed by atoms with Gasteiger partial charge in [0.2, 0.25) is 7.41 Å². The first-order valence-corrected chi connectivity index (χ1v) is 5.72. The Bertz CT molecular complexity index is 659. The Morgan fingerprint density at radius 2 is 1.94 bits per heavy atom. The van der Waals surface area contributed by atoms with Crippen LogP contribution in [0.1, 0.15) is 11.4 Å². The number of aryl methyl sites for hydroxylation is 1. The monoisotopic (exact) mass is 225 g/mol. The molecule has 0 bridgehead atoms. The molecule has 0 amide bonds. The van der Waals surface area contributed by atoms with Crippen molar-refractivity contribution >= 4 is 24.2 Å². The molecule has 1 radical (unpaired) electrons. The molecule has 3 aromatic heterocycles. The zero-order chi connectivity index (χ0) is 12.0. The van der Waals surface area contributed by atoms with Gasteiger partial charge >= 0.3 is 0 Å². The molecule has 0 saturated carbocycles. The lowest BCUT2D eigenvalue weighted by molar-refractivity contribution is 0.657. The Kier molecular flexibility index (Phi) is 2.29. The van der Waals surface area contributed by atoms with Gasteiger partial charge in [-0.1, -0.05) is 6.07 Å². The maximum Gasteiger partial charge on any atom is 0.214 e. The van der Waals surface area contributed by atoms with Gasteiger partial charge in [0.05, 0.1) is 16.9 Å². The summed E-state index contributed by atoms with van der Waals surface area (Å²) in [5, 5.41) is 0. The molecule has 0 aliphatic heterocycles. The third-order valence-electron chi connectivity index (χ3n) is 2.97. The summed E-state index contributed by atoms with van der Waals surface area (Å²) in [5.41, 5.74) is 5.29. The molecule has 0 fully saturated rings. The fourth-order valence-electron chi connectivity index (χ4n) is 2.22. The largest absolute Gasteiger partial charge is 0.352 e. The molecule has 3 heterocycles. The lowest BCUT2D eigenvalue weighted by Crippen LogP contribution is -2.19. The molecule has 4 nitrogen and oxygen atoms in total. The topological polar surface area (TPSA) is 33.4 Å². The summed E-state index contributed by atoms with van der Waals surface area (Å²) < 4.78 is 2.13. The average Bonchev–Trinajstić information content (AvgIpc) is 2.80. The second kappa shape index (κ2) is 3.70. The Morgan fingerprint density at radius 3 is 2.65 bits per heavy atom. The van der Waals surface area contributed by atoms with Crippen molar-refractivity contribution in [2.75, 3.05) is 14.1 Å². The first-order chi connectivity index (χ1) is 8.16. The molecule has 3 rings (SSSR count). The Morgan fingerprint density at radius 1 is 1.24 bits per heavy atom. The first-order valence-electron chi connectivity index (χ1n) is 5.72. The summed E-state index contributed by atoms with van der Waals surface area (Å²) in [6.07, 6.45) is 0.844. The van der Waals surface area contributed by atoms with Crippen LogP contribution in [-0.2, 0) is 6.32 Å². The lowest BCUT2D eigenvalue weighted by atomic mass is 9.85. The van der Waals surface area contributed by atoms with Gasteiger partial charge in [-0.2, -0.15) is 0 Å². The Hall–Kier alpha value is -1.62. The van der Waals surface area contributed by atoms with Crippen LogP contribution in [0.2, 0.25) is 0 Å². The van der Waals surface area contributed by atoms with Gasteiger partial charge in [0.25, 0.3) is 0 Å². The predicted molar refractivity (Wildman–Crippen MR) is 69.6 cm³/mol. The fraction of sp³-hybridized carbons (Fsp3) is 0.333. The summed E-state index contributed by atoms with van der Waals surface area (Å²) >= 11 is 0. The molecule has 0 saturated heterocycles. The number of hydrogen-bond donors (Lipinski definition) is 0. The molecule has 0 atom stereocenters. The number of hydrogen-bond acceptors (Lipinski definition) is 3. The van der Waals surface area contributed by atoms with Crippen molar-refractivity contribution in [1.29, 1.82) is 0 Å². The minimum atomic E-state index is 0.844. The normalized spacial score (nSPS) is 12.0. The van der Waals surface area contributed by atoms with Gasteiger partial charge in [-0.3, -0.25) is 4.40 Å². The van der Waals surface area contributed by atoms with E-state index >= 15 is 0 Å². The molecule has 0 aliphatic rings. The molecule has 85 valence electrons. The molecule has 0 spiro atoms. The number of pyridine rings is 1. The van der Waals surface area contributed by atoms with Crippen LogP contribution in [0.3, 0.4) is 0 Å². The third-order valence-corrected chi connectivity index (χ3v) is 2.97. The highest BCUT2D eigenvalue weighted by molar-refractivity contribution is 6.31. The van der Waals surface area contributed by atoms with Crippen LogP contribution >= 0.6 is 0 Å². The van der Waals surface area contributed by atoms with Crippen LogP contribution in [0.4, 0.5) is 0 Å². The highest BCUT2D eigenvalue weighted by atomic mass is 15.1. The van der Waals surface area contributed by atoms with Crippen molar-refractivity contribution in [3.8, 4) is 0 Å². The van der Waals surface area contributed by atoms with Gasteiger partial charge in [-0.15, -0.1) is 0 Å². The molecule has 0 N–H and O–H groups in total. The average molecular weight is 225 g/mol. The maximum absolute atomic E-state index is 4.67. The zero-order valence-corrected chi connectivity index (χ0v) is 10.3. The van der Waals surface area contributed by atoms with E-state index in [1.54, 1.807) is 0 Å². The van der Waals surface area contributed by atoms with Crippen LogP contribution < -0.4 is 0 Å². The molecule has 17 heavy (non-hydrogen) atoms. The smallest absolute Gasteiger partial charge is 0.214 e. The van der Waals surface area contributed by atoms with E-state index in [1.807, 2.05) is 39.2 Å². The van der Waals surface area contributed by atoms with Crippen molar-refractivity contribution in [1.82, 2.24) is 19.2 Å². The Balaban J connectivity index is 2.18. The quantitative estimate of drug-likeness (QED) is 0.630. The Labute approximate surface area is 101 Å². The molecular formula is C12H14BN4. The minimum Gasteiger partial charge on any atom is -0.352 e. The summed E-state index contributed by atoms with van der Waals surface area (Å²) in [6.45, 7) is 2.04. The van der Waals surface area contributed by atoms with Gasteiger partial charge in [-0.05, 0) is 39.5 Å². The van der Waals surface area contributed by atoms with Crippen molar-refractivity contribution < 1.29 is 0 Å². The molecular weight excluding hydrogens is 211 g/mol. The SMILES string of the molecule is Cc1nc2cccc3nc(C[B]N(C)C)c1n23. The van der Waals surface area contributed by atoms with E-state index < -0.39 is 0 Å². The second-order valence-corrected chi connectivity index (χ2v) is 4.53. The van der Waals surface area contributed by atoms with E-state index in [0.29, 0.717) is 0 Å². The van der Waals surface area contributed by atoms with Gasteiger partial charge in [-0.25, -0.2) is 9.97 Å². The summed E-state index contributed by atoms with van der Waals surface area (Å²) in [6, 6.07) is 6.05. The predicted octanol–water partition coefficient (Wildman–Crippen LogP) is 1.31. The minimum absolute atomic E-state index is 0.844. The van der Waals surface area contributed by atoms with E-state index in [0.717, 1.165) is 34.5 Å². The first kappa shape index (κ1) is 10.5. The zero-order valence-electron chi connectivity index (χ0n) is 10.3. The van der Waals surface area contributed by atoms with Gasteiger partial charge in [0.15, 0.2) is 0 Å². The summed E-state index contributed by atoms with van der Waals surface area (Å²) in [5.74, 6) is 0. The summed E-state index contributed by atoms with van der Waals surface area (Å²) in [4.78, 5) is 11.3. The molecule has 0 aliphatic carbocycles. The number of aromatic nitrogens is 3. The van der Waals surface area contributed by atoms with E-state index in [1.165, 1.54) is 0 Å². The third kappa shape index (κ3) is 1.58. The van der Waals surface area contributed by atoms with Gasteiger partial charge in [0.1, 0.15) is 11.3 Å². The van der Waals surface area contributed by atoms with Crippen LogP contribution in [0, 0.1) is 6.92 Å². The van der Waals surface area contributed by atoms with E-state index in [9.17, 15) is 0 Å². The van der Waals surface area contributed by atoms with Crippen molar-refractivity contribution in [2.24, 2.45) is 0 Å². The number of rotatable bonds is 3. The van der Waals surface area contributed by atoms with Crippen LogP contribution in [0.5, 0.6) is 0 Å². The molecule has 3 aromatic rings. The van der Waals surface area contributed by atoms with E-state index in [4.69, 9.17) is 0 Å². The van der Waals surface area contributed by atoms with E-state index in [2.05, 4.69) is 26.6 Å². The van der Waals surface area contributed by atoms with Crippen molar-refractivity contribution in [2.45, 2.75) is 13.2 Å². The standard InChI is InChI=1S/C12H14BN4/c1-8-12-9(7-13-16(2)3)15-11-6-4-5-10(14-8)17(11)12/h4-6H,7H2,1-3H3. The van der Waals surface area contributed by atoms with E-state index in [-0.39, 0.29) is 0 Å². The van der Waals surface area contributed by atoms with Gasteiger partial charge in [0, 0.05) is 0 Å². The summed E-state index contributed by atoms with van der Waals surface area (Å²) in [7, 11) is 6.19. The fourth-order valence-corrected chi connectivity index (χ4v) is 2.22. The van der Waals surface area contributed by atoms with Gasteiger partial charge < -0.3 is 4.81 Å². The maximum atomic E-state index is 4.67. The van der Waals surface area contributed by atoms with Crippen LogP contribution in [0.25, 0.3) is 16.8 Å². The van der Waals surface area contributed by atoms with Crippen molar-refractivity contribution in [3.63, 3.8) is 0 Å². The second-order valence-electron chi connectivity index (χ2n) is 4.53. The van der Waals surface area contributed by atoms with Crippen LogP contribution in [0.15, 0.2) is 18.2 Å². The lowest BCUT2D eigenvalue weighted by Gasteiger charge is -2.05. The number of imidazole rings is 2.